The van der Waals surface area contributed by atoms with Gasteiger partial charge in [-0.3, -0.25) is 4.79 Å². The van der Waals surface area contributed by atoms with Crippen LogP contribution in [0.4, 0.5) is 14.7 Å². The second kappa shape index (κ2) is 8.01. The summed E-state index contributed by atoms with van der Waals surface area (Å²) in [6.07, 6.45) is 2.26. The van der Waals surface area contributed by atoms with Crippen molar-refractivity contribution in [3.05, 3.63) is 76.2 Å². The fraction of sp³-hybridized carbons (Fsp3) is 0.238. The molecule has 2 aromatic heterocycles. The van der Waals surface area contributed by atoms with E-state index >= 15 is 0 Å². The fourth-order valence-electron chi connectivity index (χ4n) is 3.94. The van der Waals surface area contributed by atoms with Crippen LogP contribution in [0.15, 0.2) is 59.9 Å². The Morgan fingerprint density at radius 3 is 2.61 bits per heavy atom. The third kappa shape index (κ3) is 3.81. The highest BCUT2D eigenvalue weighted by atomic mass is 32.2. The predicted molar refractivity (Wildman–Crippen MR) is 117 cm³/mol. The quantitative estimate of drug-likeness (QED) is 0.650. The number of nitrogens with one attached hydrogen (secondary N) is 1. The number of rotatable bonds is 3. The summed E-state index contributed by atoms with van der Waals surface area (Å²) < 4.78 is 27.2. The predicted octanol–water partition coefficient (Wildman–Crippen LogP) is 3.68. The summed E-state index contributed by atoms with van der Waals surface area (Å²) in [6, 6.07) is 12.1. The van der Waals surface area contributed by atoms with Gasteiger partial charge in [-0.2, -0.15) is 4.39 Å². The van der Waals surface area contributed by atoms with Crippen LogP contribution in [-0.4, -0.2) is 39.9 Å². The number of carbonyl (C=O) groups excluding carboxylic acids is 1. The Balaban J connectivity index is 1.49. The second-order valence-electron chi connectivity index (χ2n) is 7.35. The number of amides is 1. The molecular weight excluding hydrogens is 440 g/mol. The number of halogens is 2. The molecule has 4 heterocycles. The number of aromatic nitrogens is 2. The zero-order valence-electron chi connectivity index (χ0n) is 16.2. The maximum atomic E-state index is 13.9. The zero-order valence-corrected chi connectivity index (χ0v) is 17.8. The van der Waals surface area contributed by atoms with E-state index < -0.39 is 11.4 Å². The van der Waals surface area contributed by atoms with E-state index in [-0.39, 0.29) is 17.0 Å². The Kier molecular flexibility index (Phi) is 5.19. The van der Waals surface area contributed by atoms with E-state index in [1.54, 1.807) is 30.3 Å². The topological polar surface area (TPSA) is 70.5 Å². The lowest BCUT2D eigenvalue weighted by Crippen LogP contribution is -2.42. The standard InChI is InChI=1S/C21H17F2N5OS2/c22-15-8-24-19(25-9-15)28-10-14-11-30-20(26-18(29)13-4-2-1-3-5-13)27-21(14,12-28)16-6-7-17(23)31-16/h1-9,14H,10-12H2,(H,26,27,29)/t14-,21-/m0/s1. The van der Waals surface area contributed by atoms with Crippen molar-refractivity contribution in [2.24, 2.45) is 10.9 Å². The number of fused-ring (bicyclic) bond motifs is 1. The number of nitrogens with zero attached hydrogens (tertiary/aromatic N) is 4. The number of aliphatic imine (C=N–C) groups is 1. The molecule has 1 fully saturated rings. The van der Waals surface area contributed by atoms with Crippen LogP contribution in [0.5, 0.6) is 0 Å². The Morgan fingerprint density at radius 2 is 1.90 bits per heavy atom. The Labute approximate surface area is 185 Å². The number of thiophene rings is 1. The van der Waals surface area contributed by atoms with Crippen LogP contribution in [0.2, 0.25) is 0 Å². The molecule has 0 spiro atoms. The maximum absolute atomic E-state index is 13.9. The molecule has 1 amide bonds. The van der Waals surface area contributed by atoms with Gasteiger partial charge in [0.25, 0.3) is 5.91 Å². The molecule has 31 heavy (non-hydrogen) atoms. The third-order valence-electron chi connectivity index (χ3n) is 5.42. The van der Waals surface area contributed by atoms with Crippen LogP contribution in [0, 0.1) is 16.9 Å². The molecule has 1 aromatic carbocycles. The van der Waals surface area contributed by atoms with Crippen LogP contribution in [0.3, 0.4) is 0 Å². The van der Waals surface area contributed by atoms with E-state index in [1.807, 2.05) is 11.0 Å². The van der Waals surface area contributed by atoms with Crippen LogP contribution >= 0.6 is 23.1 Å². The smallest absolute Gasteiger partial charge is 0.257 e. The molecule has 2 aliphatic heterocycles. The first kappa shape index (κ1) is 20.1. The van der Waals surface area contributed by atoms with Gasteiger partial charge in [-0.1, -0.05) is 30.0 Å². The van der Waals surface area contributed by atoms with Crippen molar-refractivity contribution in [1.29, 1.82) is 0 Å². The van der Waals surface area contributed by atoms with Gasteiger partial charge < -0.3 is 10.2 Å². The molecule has 6 nitrogen and oxygen atoms in total. The summed E-state index contributed by atoms with van der Waals surface area (Å²) in [7, 11) is 0. The summed E-state index contributed by atoms with van der Waals surface area (Å²) in [6.45, 7) is 1.01. The maximum Gasteiger partial charge on any atom is 0.257 e. The lowest BCUT2D eigenvalue weighted by atomic mass is 9.87. The molecule has 0 aliphatic carbocycles. The summed E-state index contributed by atoms with van der Waals surface area (Å²) in [5.41, 5.74) is -0.200. The van der Waals surface area contributed by atoms with Crippen LogP contribution in [-0.2, 0) is 5.54 Å². The molecule has 3 aromatic rings. The van der Waals surface area contributed by atoms with Crippen molar-refractivity contribution in [3.8, 4) is 0 Å². The van der Waals surface area contributed by atoms with E-state index in [4.69, 9.17) is 4.99 Å². The molecule has 0 radical (unpaired) electrons. The molecule has 0 saturated carbocycles. The first-order valence-electron chi connectivity index (χ1n) is 9.61. The molecule has 0 unspecified atom stereocenters. The van der Waals surface area contributed by atoms with Gasteiger partial charge in [-0.25, -0.2) is 19.4 Å². The number of hydrogen-bond acceptors (Lipinski definition) is 7. The van der Waals surface area contributed by atoms with Gasteiger partial charge in [0.05, 0.1) is 18.9 Å². The lowest BCUT2D eigenvalue weighted by molar-refractivity contribution is 0.0977. The number of hydrogen-bond donors (Lipinski definition) is 1. The van der Waals surface area contributed by atoms with Gasteiger partial charge in [-0.05, 0) is 24.3 Å². The number of carbonyl (C=O) groups is 1. The van der Waals surface area contributed by atoms with E-state index in [1.165, 1.54) is 17.8 Å². The molecule has 1 saturated heterocycles. The summed E-state index contributed by atoms with van der Waals surface area (Å²) in [4.78, 5) is 28.5. The first-order valence-corrected chi connectivity index (χ1v) is 11.4. The minimum absolute atomic E-state index is 0.0570. The molecule has 5 rings (SSSR count). The number of amidine groups is 1. The summed E-state index contributed by atoms with van der Waals surface area (Å²) >= 11 is 2.52. The average Bonchev–Trinajstić information content (AvgIpc) is 3.39. The molecular formula is C21H17F2N5OS2. The number of anilines is 1. The molecule has 2 aliphatic rings. The van der Waals surface area contributed by atoms with E-state index in [0.717, 1.165) is 28.6 Å². The second-order valence-corrected chi connectivity index (χ2v) is 9.40. The van der Waals surface area contributed by atoms with Gasteiger partial charge in [0, 0.05) is 28.7 Å². The SMILES string of the molecule is O=C(NC1=N[C@@]2(c3ccc(F)s3)CN(c3ncc(F)cn3)C[C@H]2CS1)c1ccccc1. The van der Waals surface area contributed by atoms with Gasteiger partial charge in [-0.15, -0.1) is 11.3 Å². The normalized spacial score (nSPS) is 22.7. The van der Waals surface area contributed by atoms with Gasteiger partial charge >= 0.3 is 0 Å². The van der Waals surface area contributed by atoms with E-state index in [9.17, 15) is 13.6 Å². The highest BCUT2D eigenvalue weighted by Crippen LogP contribution is 2.48. The number of thioether (sulfide) groups is 1. The van der Waals surface area contributed by atoms with Crippen LogP contribution < -0.4 is 10.2 Å². The minimum atomic E-state index is -0.739. The Bertz CT molecular complexity index is 1140. The van der Waals surface area contributed by atoms with Crippen molar-refractivity contribution >= 4 is 40.1 Å². The zero-order chi connectivity index (χ0) is 21.4. The first-order chi connectivity index (χ1) is 15.0. The van der Waals surface area contributed by atoms with E-state index in [0.29, 0.717) is 35.5 Å². The molecule has 2 atom stereocenters. The summed E-state index contributed by atoms with van der Waals surface area (Å²) in [5.74, 6) is 0.402. The van der Waals surface area contributed by atoms with Crippen LogP contribution in [0.1, 0.15) is 15.2 Å². The van der Waals surface area contributed by atoms with Crippen molar-refractivity contribution in [2.75, 3.05) is 23.7 Å². The highest BCUT2D eigenvalue weighted by Gasteiger charge is 2.52. The van der Waals surface area contributed by atoms with Crippen molar-refractivity contribution in [2.45, 2.75) is 5.54 Å². The summed E-state index contributed by atoms with van der Waals surface area (Å²) in [5, 5.41) is 3.11. The fourth-order valence-corrected chi connectivity index (χ4v) is 6.01. The average molecular weight is 458 g/mol. The van der Waals surface area contributed by atoms with Gasteiger partial charge in [0.1, 0.15) is 5.54 Å². The van der Waals surface area contributed by atoms with Crippen molar-refractivity contribution in [1.82, 2.24) is 15.3 Å². The van der Waals surface area contributed by atoms with Gasteiger partial charge in [0.2, 0.25) is 5.95 Å². The molecule has 10 heteroatoms. The third-order valence-corrected chi connectivity index (χ3v) is 7.49. The van der Waals surface area contributed by atoms with Crippen molar-refractivity contribution < 1.29 is 13.6 Å². The molecule has 0 bridgehead atoms. The highest BCUT2D eigenvalue weighted by molar-refractivity contribution is 8.13. The Hall–Kier alpha value is -2.85. The molecule has 1 N–H and O–H groups in total. The monoisotopic (exact) mass is 457 g/mol. The van der Waals surface area contributed by atoms with Gasteiger partial charge in [0.15, 0.2) is 16.1 Å². The molecule has 158 valence electrons. The lowest BCUT2D eigenvalue weighted by Gasteiger charge is -2.34. The minimum Gasteiger partial charge on any atom is -0.338 e. The largest absolute Gasteiger partial charge is 0.338 e. The van der Waals surface area contributed by atoms with E-state index in [2.05, 4.69) is 15.3 Å². The van der Waals surface area contributed by atoms with Crippen LogP contribution in [0.25, 0.3) is 0 Å². The Morgan fingerprint density at radius 1 is 1.13 bits per heavy atom. The number of benzene rings is 1. The van der Waals surface area contributed by atoms with Crippen molar-refractivity contribution in [3.63, 3.8) is 0 Å².